The molecule has 0 saturated carbocycles. The van der Waals surface area contributed by atoms with E-state index >= 15 is 0 Å². The molecule has 1 aliphatic heterocycles. The molecule has 140 valence electrons. The molecule has 0 fully saturated rings. The van der Waals surface area contributed by atoms with Gasteiger partial charge >= 0.3 is 6.16 Å². The second kappa shape index (κ2) is 7.92. The number of anilines is 1. The molecular weight excluding hydrogens is 354 g/mol. The van der Waals surface area contributed by atoms with Crippen molar-refractivity contribution in [2.45, 2.75) is 6.92 Å². The van der Waals surface area contributed by atoms with Crippen LogP contribution < -0.4 is 10.1 Å². The smallest absolute Gasteiger partial charge is 0.434 e. The van der Waals surface area contributed by atoms with Gasteiger partial charge in [0.1, 0.15) is 5.75 Å². The molecule has 1 N–H and O–H groups in total. The molecule has 6 nitrogen and oxygen atoms in total. The molecule has 4 rings (SSSR count). The number of hydrogen-bond donors (Lipinski definition) is 1. The summed E-state index contributed by atoms with van der Waals surface area (Å²) in [6.07, 6.45) is 2.82. The van der Waals surface area contributed by atoms with Crippen LogP contribution in [-0.4, -0.2) is 29.3 Å². The molecular formula is C22H19N3O3. The van der Waals surface area contributed by atoms with Crippen LogP contribution in [0.2, 0.25) is 0 Å². The zero-order chi connectivity index (χ0) is 19.3. The van der Waals surface area contributed by atoms with Crippen molar-refractivity contribution in [2.24, 2.45) is 0 Å². The number of carbonyl (C=O) groups is 1. The van der Waals surface area contributed by atoms with Crippen LogP contribution in [0.15, 0.2) is 67.0 Å². The summed E-state index contributed by atoms with van der Waals surface area (Å²) < 4.78 is 10.1. The van der Waals surface area contributed by atoms with Gasteiger partial charge in [0.15, 0.2) is 0 Å². The van der Waals surface area contributed by atoms with Crippen molar-refractivity contribution in [2.75, 3.05) is 18.5 Å². The lowest BCUT2D eigenvalue weighted by molar-refractivity contribution is 0.104. The summed E-state index contributed by atoms with van der Waals surface area (Å²) in [5.74, 6) is 0.430. The summed E-state index contributed by atoms with van der Waals surface area (Å²) in [4.78, 5) is 20.8. The maximum absolute atomic E-state index is 11.7. The molecule has 2 aromatic heterocycles. The molecule has 1 aromatic carbocycles. The number of fused-ring (bicyclic) bond motifs is 1. The van der Waals surface area contributed by atoms with E-state index in [-0.39, 0.29) is 6.61 Å². The lowest BCUT2D eigenvalue weighted by Gasteiger charge is -2.12. The Morgan fingerprint density at radius 1 is 1.04 bits per heavy atom. The van der Waals surface area contributed by atoms with Crippen LogP contribution in [0.1, 0.15) is 23.9 Å². The lowest BCUT2D eigenvalue weighted by atomic mass is 9.96. The number of aromatic nitrogens is 2. The molecule has 0 amide bonds. The van der Waals surface area contributed by atoms with Crippen molar-refractivity contribution in [1.29, 1.82) is 0 Å². The maximum Gasteiger partial charge on any atom is 0.513 e. The van der Waals surface area contributed by atoms with Gasteiger partial charge < -0.3 is 14.8 Å². The third-order valence-electron chi connectivity index (χ3n) is 4.38. The van der Waals surface area contributed by atoms with E-state index in [0.29, 0.717) is 12.3 Å². The van der Waals surface area contributed by atoms with Crippen LogP contribution in [0, 0.1) is 0 Å². The number of nitrogens with zero attached hydrogens (tertiary/aromatic N) is 2. The molecule has 6 heteroatoms. The predicted molar refractivity (Wildman–Crippen MR) is 107 cm³/mol. The Balaban J connectivity index is 1.83. The highest BCUT2D eigenvalue weighted by Crippen LogP contribution is 2.39. The Morgan fingerprint density at radius 2 is 1.75 bits per heavy atom. The fourth-order valence-electron chi connectivity index (χ4n) is 3.20. The van der Waals surface area contributed by atoms with Gasteiger partial charge in [0.25, 0.3) is 0 Å². The van der Waals surface area contributed by atoms with Gasteiger partial charge in [0.05, 0.1) is 18.0 Å². The van der Waals surface area contributed by atoms with Gasteiger partial charge in [-0.3, -0.25) is 9.97 Å². The van der Waals surface area contributed by atoms with Gasteiger partial charge in [-0.05, 0) is 55.0 Å². The molecule has 3 aromatic rings. The average Bonchev–Trinajstić information content (AvgIpc) is 3.13. The van der Waals surface area contributed by atoms with E-state index in [2.05, 4.69) is 15.3 Å². The Hall–Kier alpha value is -3.67. The third-order valence-corrected chi connectivity index (χ3v) is 4.38. The number of benzene rings is 1. The van der Waals surface area contributed by atoms with E-state index in [1.54, 1.807) is 25.4 Å². The highest BCUT2D eigenvalue weighted by Gasteiger charge is 2.23. The first-order valence-electron chi connectivity index (χ1n) is 9.05. The van der Waals surface area contributed by atoms with E-state index in [4.69, 9.17) is 9.47 Å². The Labute approximate surface area is 162 Å². The number of ether oxygens (including phenoxy) is 2. The number of carbonyl (C=O) groups excluding carboxylic acids is 1. The zero-order valence-electron chi connectivity index (χ0n) is 15.4. The van der Waals surface area contributed by atoms with Crippen LogP contribution in [-0.2, 0) is 4.74 Å². The number of rotatable bonds is 4. The highest BCUT2D eigenvalue weighted by atomic mass is 16.7. The molecule has 0 saturated heterocycles. The molecule has 0 aliphatic carbocycles. The lowest BCUT2D eigenvalue weighted by Crippen LogP contribution is -2.10. The first-order chi connectivity index (χ1) is 13.8. The van der Waals surface area contributed by atoms with E-state index in [0.717, 1.165) is 33.8 Å². The summed E-state index contributed by atoms with van der Waals surface area (Å²) in [7, 11) is 0. The van der Waals surface area contributed by atoms with E-state index in [9.17, 15) is 4.79 Å². The van der Waals surface area contributed by atoms with Crippen LogP contribution in [0.5, 0.6) is 5.75 Å². The summed E-state index contributed by atoms with van der Waals surface area (Å²) >= 11 is 0. The standard InChI is InChI=1S/C22H19N3O3/c1-2-27-22(26)28-15-9-10-18-16(13-15)17(14-25-18)21(19-7-3-5-11-23-19)20-8-4-6-12-24-20/h3-13,25H,2,14H2,1H3. The van der Waals surface area contributed by atoms with Gasteiger partial charge in [0, 0.05) is 35.8 Å². The Bertz CT molecular complexity index is 976. The van der Waals surface area contributed by atoms with E-state index in [1.807, 2.05) is 48.5 Å². The zero-order valence-corrected chi connectivity index (χ0v) is 15.4. The molecule has 0 atom stereocenters. The predicted octanol–water partition coefficient (Wildman–Crippen LogP) is 4.40. The first kappa shape index (κ1) is 17.7. The minimum atomic E-state index is -0.714. The van der Waals surface area contributed by atoms with Crippen molar-refractivity contribution < 1.29 is 14.3 Å². The molecule has 0 spiro atoms. The average molecular weight is 373 g/mol. The largest absolute Gasteiger partial charge is 0.513 e. The molecule has 0 bridgehead atoms. The monoisotopic (exact) mass is 373 g/mol. The number of nitrogens with one attached hydrogen (secondary N) is 1. The third kappa shape index (κ3) is 3.57. The minimum Gasteiger partial charge on any atom is -0.434 e. The molecule has 28 heavy (non-hydrogen) atoms. The Kier molecular flexibility index (Phi) is 5.01. The van der Waals surface area contributed by atoms with Gasteiger partial charge in [-0.2, -0.15) is 0 Å². The van der Waals surface area contributed by atoms with Gasteiger partial charge in [0.2, 0.25) is 0 Å². The first-order valence-corrected chi connectivity index (χ1v) is 9.05. The minimum absolute atomic E-state index is 0.264. The summed E-state index contributed by atoms with van der Waals surface area (Å²) in [6.45, 7) is 2.63. The SMILES string of the molecule is CCOC(=O)Oc1ccc2c(c1)C(=C(c1ccccn1)c1ccccn1)CN2. The van der Waals surface area contributed by atoms with Crippen molar-refractivity contribution >= 4 is 23.0 Å². The molecule has 0 radical (unpaired) electrons. The number of pyridine rings is 2. The second-order valence-corrected chi connectivity index (χ2v) is 6.13. The topological polar surface area (TPSA) is 73.3 Å². The summed E-state index contributed by atoms with van der Waals surface area (Å²) in [5.41, 5.74) is 5.58. The van der Waals surface area contributed by atoms with Gasteiger partial charge in [-0.25, -0.2) is 4.79 Å². The summed E-state index contributed by atoms with van der Waals surface area (Å²) in [5, 5.41) is 3.39. The van der Waals surface area contributed by atoms with Gasteiger partial charge in [-0.15, -0.1) is 0 Å². The van der Waals surface area contributed by atoms with Crippen LogP contribution in [0.4, 0.5) is 10.5 Å². The van der Waals surface area contributed by atoms with Crippen LogP contribution in [0.25, 0.3) is 11.1 Å². The fourth-order valence-corrected chi connectivity index (χ4v) is 3.20. The fraction of sp³-hybridized carbons (Fsp3) is 0.136. The van der Waals surface area contributed by atoms with Crippen molar-refractivity contribution in [3.05, 3.63) is 83.9 Å². The van der Waals surface area contributed by atoms with E-state index < -0.39 is 6.16 Å². The normalized spacial score (nSPS) is 12.1. The molecule has 1 aliphatic rings. The number of hydrogen-bond acceptors (Lipinski definition) is 6. The Morgan fingerprint density at radius 3 is 2.36 bits per heavy atom. The van der Waals surface area contributed by atoms with Crippen molar-refractivity contribution in [3.63, 3.8) is 0 Å². The maximum atomic E-state index is 11.7. The van der Waals surface area contributed by atoms with E-state index in [1.165, 1.54) is 0 Å². The van der Waals surface area contributed by atoms with Crippen LogP contribution in [0.3, 0.4) is 0 Å². The quantitative estimate of drug-likeness (QED) is 0.540. The molecule has 0 unspecified atom stereocenters. The molecule has 3 heterocycles. The van der Waals surface area contributed by atoms with Gasteiger partial charge in [-0.1, -0.05) is 12.1 Å². The van der Waals surface area contributed by atoms with Crippen molar-refractivity contribution in [1.82, 2.24) is 9.97 Å². The van der Waals surface area contributed by atoms with Crippen LogP contribution >= 0.6 is 0 Å². The van der Waals surface area contributed by atoms with Crippen molar-refractivity contribution in [3.8, 4) is 5.75 Å². The second-order valence-electron chi connectivity index (χ2n) is 6.13. The summed E-state index contributed by atoms with van der Waals surface area (Å²) in [6, 6.07) is 17.1. The highest BCUT2D eigenvalue weighted by molar-refractivity contribution is 6.03.